The summed E-state index contributed by atoms with van der Waals surface area (Å²) in [5.41, 5.74) is 5.26. The first kappa shape index (κ1) is 8.64. The lowest BCUT2D eigenvalue weighted by atomic mass is 10.6. The third-order valence-electron chi connectivity index (χ3n) is 1.18. The van der Waals surface area contributed by atoms with Gasteiger partial charge in [0.2, 0.25) is 0 Å². The Bertz CT molecular complexity index is 212. The van der Waals surface area contributed by atoms with E-state index in [-0.39, 0.29) is 0 Å². The minimum Gasteiger partial charge on any atom is -0.375 e. The fraction of sp³-hybridized carbons (Fsp3) is 0.571. The van der Waals surface area contributed by atoms with Crippen LogP contribution in [0.4, 0.5) is 0 Å². The van der Waals surface area contributed by atoms with Gasteiger partial charge in [0.05, 0.1) is 23.1 Å². The molecule has 3 nitrogen and oxygen atoms in total. The minimum absolute atomic E-state index is 0.581. The quantitative estimate of drug-likeness (QED) is 0.687. The molecule has 0 aliphatic heterocycles. The van der Waals surface area contributed by atoms with Crippen LogP contribution in [0.5, 0.6) is 0 Å². The van der Waals surface area contributed by atoms with Crippen molar-refractivity contribution >= 4 is 11.3 Å². The molecule has 1 heterocycles. The predicted octanol–water partition coefficient (Wildman–Crippen LogP) is 0.927. The number of hydrogen-bond acceptors (Lipinski definition) is 4. The van der Waals surface area contributed by atoms with E-state index in [1.165, 1.54) is 0 Å². The van der Waals surface area contributed by atoms with E-state index in [2.05, 4.69) is 4.98 Å². The molecule has 0 fully saturated rings. The first-order chi connectivity index (χ1) is 5.33. The average Bonchev–Trinajstić information content (AvgIpc) is 2.37. The van der Waals surface area contributed by atoms with Gasteiger partial charge in [0.25, 0.3) is 0 Å². The molecule has 1 aromatic rings. The Morgan fingerprint density at radius 3 is 3.09 bits per heavy atom. The maximum Gasteiger partial charge on any atom is 0.0897 e. The van der Waals surface area contributed by atoms with E-state index in [0.717, 1.165) is 9.88 Å². The highest BCUT2D eigenvalue weighted by Gasteiger charge is 1.96. The molecule has 0 saturated heterocycles. The van der Waals surface area contributed by atoms with Gasteiger partial charge in [-0.3, -0.25) is 0 Å². The Morgan fingerprint density at radius 2 is 2.55 bits per heavy atom. The molecule has 2 N–H and O–H groups in total. The highest BCUT2D eigenvalue weighted by atomic mass is 32.1. The van der Waals surface area contributed by atoms with Crippen molar-refractivity contribution in [3.8, 4) is 0 Å². The summed E-state index contributed by atoms with van der Waals surface area (Å²) in [6.45, 7) is 3.83. The molecule has 0 atom stereocenters. The van der Waals surface area contributed by atoms with E-state index in [4.69, 9.17) is 10.5 Å². The number of nitrogens with zero attached hydrogens (tertiary/aromatic N) is 1. The van der Waals surface area contributed by atoms with Gasteiger partial charge in [-0.1, -0.05) is 0 Å². The van der Waals surface area contributed by atoms with Gasteiger partial charge in [-0.05, 0) is 6.92 Å². The zero-order valence-electron chi connectivity index (χ0n) is 6.54. The number of nitrogens with two attached hydrogens (primary N) is 1. The third-order valence-corrected chi connectivity index (χ3v) is 2.06. The number of ether oxygens (including phenoxy) is 1. The largest absolute Gasteiger partial charge is 0.375 e. The zero-order chi connectivity index (χ0) is 8.10. The van der Waals surface area contributed by atoms with Gasteiger partial charge in [0.15, 0.2) is 0 Å². The molecule has 0 aromatic carbocycles. The minimum atomic E-state index is 0.581. The Hall–Kier alpha value is -0.450. The molecule has 11 heavy (non-hydrogen) atoms. The van der Waals surface area contributed by atoms with Crippen molar-refractivity contribution in [3.05, 3.63) is 16.1 Å². The van der Waals surface area contributed by atoms with Crippen LogP contribution in [0.3, 0.4) is 0 Å². The van der Waals surface area contributed by atoms with E-state index >= 15 is 0 Å². The van der Waals surface area contributed by atoms with Crippen LogP contribution in [-0.4, -0.2) is 18.1 Å². The Morgan fingerprint density at radius 1 is 1.73 bits per heavy atom. The molecule has 0 aliphatic carbocycles. The molecule has 1 rings (SSSR count). The molecule has 0 saturated carbocycles. The lowest BCUT2D eigenvalue weighted by molar-refractivity contribution is 0.130. The second-order valence-corrected chi connectivity index (χ2v) is 3.51. The van der Waals surface area contributed by atoms with E-state index in [1.54, 1.807) is 11.3 Å². The molecule has 0 spiro atoms. The lowest BCUT2D eigenvalue weighted by Crippen LogP contribution is -2.07. The molecule has 62 valence electrons. The van der Waals surface area contributed by atoms with Crippen LogP contribution < -0.4 is 5.73 Å². The van der Waals surface area contributed by atoms with Gasteiger partial charge < -0.3 is 10.5 Å². The first-order valence-electron chi connectivity index (χ1n) is 3.52. The topological polar surface area (TPSA) is 48.1 Å². The first-order valence-corrected chi connectivity index (χ1v) is 4.33. The molecular weight excluding hydrogens is 160 g/mol. The van der Waals surface area contributed by atoms with Gasteiger partial charge in [-0.25, -0.2) is 4.98 Å². The lowest BCUT2D eigenvalue weighted by Gasteiger charge is -1.97. The van der Waals surface area contributed by atoms with Crippen LogP contribution in [0.25, 0.3) is 0 Å². The van der Waals surface area contributed by atoms with Crippen LogP contribution in [0.1, 0.15) is 9.88 Å². The zero-order valence-corrected chi connectivity index (χ0v) is 7.36. The van der Waals surface area contributed by atoms with Crippen molar-refractivity contribution in [2.75, 3.05) is 13.2 Å². The van der Waals surface area contributed by atoms with Crippen molar-refractivity contribution in [3.63, 3.8) is 0 Å². The van der Waals surface area contributed by atoms with E-state index in [1.807, 2.05) is 13.1 Å². The average molecular weight is 172 g/mol. The second kappa shape index (κ2) is 4.43. The summed E-state index contributed by atoms with van der Waals surface area (Å²) in [7, 11) is 0. The van der Waals surface area contributed by atoms with Crippen molar-refractivity contribution in [2.24, 2.45) is 5.73 Å². The van der Waals surface area contributed by atoms with Crippen LogP contribution in [0.15, 0.2) is 6.20 Å². The summed E-state index contributed by atoms with van der Waals surface area (Å²) >= 11 is 1.66. The van der Waals surface area contributed by atoms with Gasteiger partial charge in [-0.15, -0.1) is 11.3 Å². The van der Waals surface area contributed by atoms with E-state index in [9.17, 15) is 0 Å². The van der Waals surface area contributed by atoms with Crippen LogP contribution in [-0.2, 0) is 11.3 Å². The number of aromatic nitrogens is 1. The van der Waals surface area contributed by atoms with Crippen molar-refractivity contribution in [1.29, 1.82) is 0 Å². The molecule has 4 heteroatoms. The molecular formula is C7H12N2OS. The highest BCUT2D eigenvalue weighted by Crippen LogP contribution is 2.11. The van der Waals surface area contributed by atoms with Crippen LogP contribution >= 0.6 is 11.3 Å². The van der Waals surface area contributed by atoms with Crippen molar-refractivity contribution in [1.82, 2.24) is 4.98 Å². The van der Waals surface area contributed by atoms with E-state index in [0.29, 0.717) is 19.8 Å². The fourth-order valence-electron chi connectivity index (χ4n) is 0.728. The smallest absolute Gasteiger partial charge is 0.0897 e. The number of thiazole rings is 1. The summed E-state index contributed by atoms with van der Waals surface area (Å²) in [6.07, 6.45) is 1.84. The maximum absolute atomic E-state index is 5.26. The normalized spacial score (nSPS) is 10.4. The third kappa shape index (κ3) is 2.96. The highest BCUT2D eigenvalue weighted by molar-refractivity contribution is 7.11. The fourth-order valence-corrected chi connectivity index (χ4v) is 1.46. The molecule has 0 amide bonds. The Balaban J connectivity index is 2.27. The van der Waals surface area contributed by atoms with Gasteiger partial charge >= 0.3 is 0 Å². The number of rotatable bonds is 4. The predicted molar refractivity (Wildman–Crippen MR) is 45.6 cm³/mol. The second-order valence-electron chi connectivity index (χ2n) is 2.19. The van der Waals surface area contributed by atoms with Gasteiger partial charge in [-0.2, -0.15) is 0 Å². The summed E-state index contributed by atoms with van der Waals surface area (Å²) in [6, 6.07) is 0. The monoisotopic (exact) mass is 172 g/mol. The number of hydrogen-bond donors (Lipinski definition) is 1. The van der Waals surface area contributed by atoms with Crippen molar-refractivity contribution in [2.45, 2.75) is 13.5 Å². The maximum atomic E-state index is 5.26. The summed E-state index contributed by atoms with van der Waals surface area (Å²) in [5, 5.41) is 1.08. The molecule has 0 radical (unpaired) electrons. The van der Waals surface area contributed by atoms with Crippen LogP contribution in [0, 0.1) is 6.92 Å². The summed E-state index contributed by atoms with van der Waals surface area (Å²) in [5.74, 6) is 0. The summed E-state index contributed by atoms with van der Waals surface area (Å²) < 4.78 is 5.23. The molecule has 1 aromatic heterocycles. The van der Waals surface area contributed by atoms with E-state index < -0.39 is 0 Å². The van der Waals surface area contributed by atoms with Gasteiger partial charge in [0, 0.05) is 12.7 Å². The van der Waals surface area contributed by atoms with Crippen molar-refractivity contribution < 1.29 is 4.74 Å². The summed E-state index contributed by atoms with van der Waals surface area (Å²) in [4.78, 5) is 5.27. The van der Waals surface area contributed by atoms with Crippen LogP contribution in [0.2, 0.25) is 0 Å². The molecule has 0 unspecified atom stereocenters. The Labute approximate surface area is 70.2 Å². The standard InChI is InChI=1S/C7H12N2OS/c1-6-9-4-7(11-6)5-10-3-2-8/h4H,2-3,5,8H2,1H3. The molecule has 0 aliphatic rings. The van der Waals surface area contributed by atoms with Gasteiger partial charge in [0.1, 0.15) is 0 Å². The molecule has 0 bridgehead atoms. The number of aryl methyl sites for hydroxylation is 1. The SMILES string of the molecule is Cc1ncc(COCCN)s1. The Kier molecular flexibility index (Phi) is 3.48.